The zero-order valence-corrected chi connectivity index (χ0v) is 16.1. The fraction of sp³-hybridized carbons (Fsp3) is 0.391. The van der Waals surface area contributed by atoms with Crippen LogP contribution in [0, 0.1) is 0 Å². The van der Waals surface area contributed by atoms with Gasteiger partial charge in [0.1, 0.15) is 11.7 Å². The average Bonchev–Trinajstić information content (AvgIpc) is 3.00. The van der Waals surface area contributed by atoms with Crippen molar-refractivity contribution in [1.82, 2.24) is 0 Å². The monoisotopic (exact) mass is 364 g/mol. The summed E-state index contributed by atoms with van der Waals surface area (Å²) in [5.74, 6) is -2.03. The van der Waals surface area contributed by atoms with Crippen molar-refractivity contribution in [3.8, 4) is 0 Å². The highest BCUT2D eigenvalue weighted by molar-refractivity contribution is 6.14. The van der Waals surface area contributed by atoms with Crippen molar-refractivity contribution in [3.63, 3.8) is 0 Å². The van der Waals surface area contributed by atoms with E-state index in [2.05, 4.69) is 39.8 Å². The Labute approximate surface area is 158 Å². The largest absolute Gasteiger partial charge is 0.477 e. The van der Waals surface area contributed by atoms with Crippen LogP contribution in [-0.4, -0.2) is 17.0 Å². The van der Waals surface area contributed by atoms with Crippen LogP contribution in [0.15, 0.2) is 42.0 Å². The summed E-state index contributed by atoms with van der Waals surface area (Å²) in [4.78, 5) is 22.9. The maximum atomic E-state index is 11.7. The molecule has 0 spiro atoms. The topological polar surface area (TPSA) is 63.6 Å². The zero-order chi connectivity index (χ0) is 19.6. The lowest BCUT2D eigenvalue weighted by atomic mass is 9.63. The van der Waals surface area contributed by atoms with E-state index in [9.17, 15) is 9.59 Å². The van der Waals surface area contributed by atoms with Gasteiger partial charge < -0.3 is 9.84 Å². The molecule has 2 aromatic rings. The zero-order valence-electron chi connectivity index (χ0n) is 16.1. The molecule has 4 heteroatoms. The Hall–Kier alpha value is -2.62. The summed E-state index contributed by atoms with van der Waals surface area (Å²) in [5.41, 5.74) is 3.53. The van der Waals surface area contributed by atoms with Gasteiger partial charge in [0.15, 0.2) is 0 Å². The van der Waals surface area contributed by atoms with Crippen molar-refractivity contribution in [3.05, 3.63) is 58.7 Å². The van der Waals surface area contributed by atoms with Crippen molar-refractivity contribution in [2.45, 2.75) is 57.5 Å². The number of carboxylic acid groups (broad SMARTS) is 1. The van der Waals surface area contributed by atoms with Gasteiger partial charge >= 0.3 is 11.9 Å². The number of carbonyl (C=O) groups excluding carboxylic acids is 1. The van der Waals surface area contributed by atoms with E-state index >= 15 is 0 Å². The summed E-state index contributed by atoms with van der Waals surface area (Å²) < 4.78 is 5.24. The number of cyclic esters (lactones) is 1. The normalized spacial score (nSPS) is 22.9. The Balaban J connectivity index is 1.83. The lowest BCUT2D eigenvalue weighted by molar-refractivity contribution is -0.143. The molecule has 2 aromatic carbocycles. The van der Waals surface area contributed by atoms with Crippen molar-refractivity contribution < 1.29 is 19.4 Å². The van der Waals surface area contributed by atoms with Crippen molar-refractivity contribution >= 4 is 22.7 Å². The lowest BCUT2D eigenvalue weighted by Gasteiger charge is -2.42. The Kier molecular flexibility index (Phi) is 3.74. The maximum absolute atomic E-state index is 11.7. The van der Waals surface area contributed by atoms with Crippen LogP contribution in [0.5, 0.6) is 0 Å². The second-order valence-electron chi connectivity index (χ2n) is 8.98. The fourth-order valence-corrected chi connectivity index (χ4v) is 4.26. The number of fused-ring (bicyclic) bond motifs is 2. The van der Waals surface area contributed by atoms with E-state index < -0.39 is 18.0 Å². The van der Waals surface area contributed by atoms with Gasteiger partial charge in [0, 0.05) is 0 Å². The SMILES string of the molecule is CC1(C)CCC(C)(C)c2cc3cc(C4C=C(C(=O)O)C(=O)O4)ccc3cc21. The molecule has 1 heterocycles. The third-order valence-corrected chi connectivity index (χ3v) is 6.16. The van der Waals surface area contributed by atoms with E-state index in [-0.39, 0.29) is 16.4 Å². The molecule has 0 saturated heterocycles. The number of rotatable bonds is 2. The molecule has 0 fully saturated rings. The summed E-state index contributed by atoms with van der Waals surface area (Å²) in [6, 6.07) is 10.5. The third-order valence-electron chi connectivity index (χ3n) is 6.16. The van der Waals surface area contributed by atoms with Gasteiger partial charge in [-0.05, 0) is 63.3 Å². The summed E-state index contributed by atoms with van der Waals surface area (Å²) in [6.07, 6.45) is 3.05. The molecule has 1 aliphatic heterocycles. The summed E-state index contributed by atoms with van der Waals surface area (Å²) in [7, 11) is 0. The highest BCUT2D eigenvalue weighted by Gasteiger charge is 2.37. The quantitative estimate of drug-likeness (QED) is 0.614. The van der Waals surface area contributed by atoms with Crippen LogP contribution in [0.4, 0.5) is 0 Å². The number of esters is 1. The summed E-state index contributed by atoms with van der Waals surface area (Å²) >= 11 is 0. The fourth-order valence-electron chi connectivity index (χ4n) is 4.26. The number of carbonyl (C=O) groups is 2. The molecule has 4 rings (SSSR count). The van der Waals surface area contributed by atoms with E-state index in [0.29, 0.717) is 0 Å². The molecule has 0 saturated carbocycles. The second kappa shape index (κ2) is 5.69. The number of ether oxygens (including phenoxy) is 1. The molecule has 1 unspecified atom stereocenters. The minimum absolute atomic E-state index is 0.116. The average molecular weight is 364 g/mol. The third kappa shape index (κ3) is 2.84. The van der Waals surface area contributed by atoms with Crippen LogP contribution in [0.1, 0.15) is 63.3 Å². The molecule has 2 aliphatic rings. The maximum Gasteiger partial charge on any atom is 0.346 e. The van der Waals surface area contributed by atoms with Gasteiger partial charge in [-0.1, -0.05) is 52.0 Å². The predicted molar refractivity (Wildman–Crippen MR) is 104 cm³/mol. The molecular formula is C23H24O4. The first-order valence-corrected chi connectivity index (χ1v) is 9.33. The molecule has 1 aliphatic carbocycles. The van der Waals surface area contributed by atoms with Crippen LogP contribution >= 0.6 is 0 Å². The minimum Gasteiger partial charge on any atom is -0.477 e. The Morgan fingerprint density at radius 3 is 2.15 bits per heavy atom. The van der Waals surface area contributed by atoms with Crippen molar-refractivity contribution in [2.24, 2.45) is 0 Å². The van der Waals surface area contributed by atoms with Crippen LogP contribution in [0.3, 0.4) is 0 Å². The van der Waals surface area contributed by atoms with Gasteiger partial charge in [-0.25, -0.2) is 9.59 Å². The first-order chi connectivity index (χ1) is 12.6. The molecule has 4 nitrogen and oxygen atoms in total. The van der Waals surface area contributed by atoms with Gasteiger partial charge in [0.25, 0.3) is 0 Å². The van der Waals surface area contributed by atoms with Gasteiger partial charge in [-0.2, -0.15) is 0 Å². The molecule has 0 radical (unpaired) electrons. The number of carboxylic acids is 1. The molecule has 0 bridgehead atoms. The van der Waals surface area contributed by atoms with Crippen molar-refractivity contribution in [1.29, 1.82) is 0 Å². The molecule has 27 heavy (non-hydrogen) atoms. The number of hydrogen-bond acceptors (Lipinski definition) is 3. The highest BCUT2D eigenvalue weighted by Crippen LogP contribution is 2.47. The van der Waals surface area contributed by atoms with Gasteiger partial charge in [0.2, 0.25) is 0 Å². The molecule has 0 amide bonds. The molecule has 1 N–H and O–H groups in total. The number of benzene rings is 2. The molecule has 140 valence electrons. The van der Waals surface area contributed by atoms with Crippen LogP contribution < -0.4 is 0 Å². The molecule has 1 atom stereocenters. The van der Waals surface area contributed by atoms with E-state index in [0.717, 1.165) is 29.2 Å². The number of hydrogen-bond donors (Lipinski definition) is 1. The molecule has 0 aromatic heterocycles. The summed E-state index contributed by atoms with van der Waals surface area (Å²) in [6.45, 7) is 9.18. The van der Waals surface area contributed by atoms with Crippen molar-refractivity contribution in [2.75, 3.05) is 0 Å². The van der Waals surface area contributed by atoms with Gasteiger partial charge in [-0.15, -0.1) is 0 Å². The number of aliphatic carboxylic acids is 1. The second-order valence-corrected chi connectivity index (χ2v) is 8.98. The van der Waals surface area contributed by atoms with E-state index in [1.807, 2.05) is 18.2 Å². The Bertz CT molecular complexity index is 1010. The summed E-state index contributed by atoms with van der Waals surface area (Å²) in [5, 5.41) is 11.3. The molecular weight excluding hydrogens is 340 g/mol. The predicted octanol–water partition coefficient (Wildman–Crippen LogP) is 4.80. The highest BCUT2D eigenvalue weighted by atomic mass is 16.5. The Morgan fingerprint density at radius 1 is 1.00 bits per heavy atom. The van der Waals surface area contributed by atoms with E-state index in [1.54, 1.807) is 0 Å². The van der Waals surface area contributed by atoms with Crippen LogP contribution in [-0.2, 0) is 25.2 Å². The van der Waals surface area contributed by atoms with Crippen LogP contribution in [0.25, 0.3) is 10.8 Å². The van der Waals surface area contributed by atoms with E-state index in [4.69, 9.17) is 9.84 Å². The minimum atomic E-state index is -1.25. The first-order valence-electron chi connectivity index (χ1n) is 9.33. The first kappa shape index (κ1) is 17.8. The van der Waals surface area contributed by atoms with Gasteiger partial charge in [-0.3, -0.25) is 0 Å². The Morgan fingerprint density at radius 2 is 1.59 bits per heavy atom. The smallest absolute Gasteiger partial charge is 0.346 e. The van der Waals surface area contributed by atoms with Gasteiger partial charge in [0.05, 0.1) is 0 Å². The lowest BCUT2D eigenvalue weighted by Crippen LogP contribution is -2.33. The van der Waals surface area contributed by atoms with Crippen LogP contribution in [0.2, 0.25) is 0 Å². The standard InChI is InChI=1S/C23H24O4/c1-22(2)7-8-23(3,4)18-11-15-9-14(6-5-13(15)10-17(18)22)19-12-16(20(24)25)21(26)27-19/h5-6,9-12,19H,7-8H2,1-4H3,(H,24,25). The van der Waals surface area contributed by atoms with E-state index in [1.165, 1.54) is 17.2 Å².